The van der Waals surface area contributed by atoms with E-state index in [2.05, 4.69) is 14.7 Å². The Morgan fingerprint density at radius 2 is 2.16 bits per heavy atom. The summed E-state index contributed by atoms with van der Waals surface area (Å²) in [6.07, 6.45) is 1.44. The van der Waals surface area contributed by atoms with Gasteiger partial charge in [-0.2, -0.15) is 4.39 Å². The van der Waals surface area contributed by atoms with E-state index < -0.39 is 11.9 Å². The second kappa shape index (κ2) is 5.17. The molecule has 1 aromatic heterocycles. The molecule has 2 N–H and O–H groups in total. The van der Waals surface area contributed by atoms with Crippen molar-refractivity contribution in [3.8, 4) is 5.88 Å². The summed E-state index contributed by atoms with van der Waals surface area (Å²) < 4.78 is 22.8. The van der Waals surface area contributed by atoms with Gasteiger partial charge in [0.1, 0.15) is 6.10 Å². The van der Waals surface area contributed by atoms with Gasteiger partial charge in [0.05, 0.1) is 19.2 Å². The van der Waals surface area contributed by atoms with Gasteiger partial charge < -0.3 is 15.2 Å². The number of amides is 1. The number of carbonyl (C=O) groups excluding carboxylic acids is 2. The highest BCUT2D eigenvalue weighted by Crippen LogP contribution is 2.32. The van der Waals surface area contributed by atoms with Gasteiger partial charge in [-0.1, -0.05) is 0 Å². The quantitative estimate of drug-likeness (QED) is 0.774. The Labute approximate surface area is 107 Å². The van der Waals surface area contributed by atoms with Crippen molar-refractivity contribution in [2.24, 2.45) is 11.7 Å². The molecule has 0 aromatic carbocycles. The minimum atomic E-state index is -0.925. The monoisotopic (exact) mass is 269 g/mol. The zero-order valence-electron chi connectivity index (χ0n) is 10.1. The Morgan fingerprint density at radius 1 is 1.47 bits per heavy atom. The Kier molecular flexibility index (Phi) is 3.59. The summed E-state index contributed by atoms with van der Waals surface area (Å²) in [7, 11) is 1.31. The fraction of sp³-hybridized carbons (Fsp3) is 0.455. The van der Waals surface area contributed by atoms with Crippen LogP contribution < -0.4 is 10.5 Å². The van der Waals surface area contributed by atoms with Gasteiger partial charge in [0, 0.05) is 0 Å². The van der Waals surface area contributed by atoms with Crippen molar-refractivity contribution >= 4 is 11.9 Å². The van der Waals surface area contributed by atoms with E-state index in [1.807, 2.05) is 0 Å². The number of nitrogens with zero attached hydrogens (tertiary/aromatic N) is 2. The molecule has 0 bridgehead atoms. The van der Waals surface area contributed by atoms with Gasteiger partial charge in [-0.25, -0.2) is 9.97 Å². The Hall–Kier alpha value is -2.25. The molecule has 102 valence electrons. The van der Waals surface area contributed by atoms with Crippen LogP contribution in [-0.4, -0.2) is 35.1 Å². The van der Waals surface area contributed by atoms with Crippen molar-refractivity contribution in [3.63, 3.8) is 0 Å². The van der Waals surface area contributed by atoms with Crippen molar-refractivity contribution in [1.29, 1.82) is 0 Å². The summed E-state index contributed by atoms with van der Waals surface area (Å²) in [5, 5.41) is 0. The van der Waals surface area contributed by atoms with E-state index in [9.17, 15) is 14.0 Å². The first-order valence-corrected chi connectivity index (χ1v) is 5.58. The Balaban J connectivity index is 2.02. The molecule has 2 rings (SSSR count). The minimum absolute atomic E-state index is 0.123. The molecule has 1 amide bonds. The van der Waals surface area contributed by atoms with Gasteiger partial charge >= 0.3 is 5.97 Å². The molecule has 1 heterocycles. The van der Waals surface area contributed by atoms with Gasteiger partial charge in [-0.3, -0.25) is 9.59 Å². The van der Waals surface area contributed by atoms with Gasteiger partial charge in [-0.15, -0.1) is 0 Å². The molecule has 1 aromatic rings. The van der Waals surface area contributed by atoms with Gasteiger partial charge in [-0.05, 0) is 12.8 Å². The molecule has 1 saturated carbocycles. The molecule has 0 atom stereocenters. The average Bonchev–Trinajstić information content (AvgIpc) is 2.33. The lowest BCUT2D eigenvalue weighted by molar-refractivity contribution is -0.151. The van der Waals surface area contributed by atoms with Crippen LogP contribution in [0.15, 0.2) is 6.20 Å². The maximum atomic E-state index is 12.9. The highest BCUT2D eigenvalue weighted by atomic mass is 19.1. The van der Waals surface area contributed by atoms with E-state index in [1.165, 1.54) is 7.11 Å². The van der Waals surface area contributed by atoms with Crippen LogP contribution in [0.4, 0.5) is 4.39 Å². The second-order valence-electron chi connectivity index (χ2n) is 4.14. The van der Waals surface area contributed by atoms with Crippen LogP contribution >= 0.6 is 0 Å². The molecule has 0 saturated heterocycles. The van der Waals surface area contributed by atoms with E-state index in [0.29, 0.717) is 12.8 Å². The van der Waals surface area contributed by atoms with Gasteiger partial charge in [0.15, 0.2) is 5.69 Å². The molecule has 1 fully saturated rings. The zero-order chi connectivity index (χ0) is 14.0. The molecule has 7 nitrogen and oxygen atoms in total. The topological polar surface area (TPSA) is 104 Å². The summed E-state index contributed by atoms with van der Waals surface area (Å²) in [6.45, 7) is 0. The number of rotatable bonds is 4. The van der Waals surface area contributed by atoms with E-state index in [4.69, 9.17) is 10.5 Å². The number of primary amides is 1. The molecule has 0 spiro atoms. The SMILES string of the molecule is COC(=O)C1CC(Oc2ncc(F)nc2C(N)=O)C1. The Bertz CT molecular complexity index is 517. The third kappa shape index (κ3) is 2.78. The number of halogens is 1. The number of methoxy groups -OCH3 is 1. The van der Waals surface area contributed by atoms with Crippen LogP contribution in [0.3, 0.4) is 0 Å². The van der Waals surface area contributed by atoms with Crippen molar-refractivity contribution < 1.29 is 23.5 Å². The summed E-state index contributed by atoms with van der Waals surface area (Å²) in [5.74, 6) is -2.49. The number of hydrogen-bond acceptors (Lipinski definition) is 6. The highest BCUT2D eigenvalue weighted by Gasteiger charge is 2.37. The molecule has 0 unspecified atom stereocenters. The number of carbonyl (C=O) groups is 2. The van der Waals surface area contributed by atoms with Gasteiger partial charge in [0.25, 0.3) is 5.91 Å². The van der Waals surface area contributed by atoms with Crippen molar-refractivity contribution in [2.75, 3.05) is 7.11 Å². The predicted octanol–water partition coefficient (Wildman–Crippen LogP) is 0.0450. The maximum absolute atomic E-state index is 12.9. The fourth-order valence-corrected chi connectivity index (χ4v) is 1.78. The van der Waals surface area contributed by atoms with Crippen LogP contribution in [-0.2, 0) is 9.53 Å². The van der Waals surface area contributed by atoms with Crippen molar-refractivity contribution in [2.45, 2.75) is 18.9 Å². The molecular weight excluding hydrogens is 257 g/mol. The van der Waals surface area contributed by atoms with Crippen molar-refractivity contribution in [3.05, 3.63) is 17.8 Å². The summed E-state index contributed by atoms with van der Waals surface area (Å²) >= 11 is 0. The highest BCUT2D eigenvalue weighted by molar-refractivity contribution is 5.92. The lowest BCUT2D eigenvalue weighted by Gasteiger charge is -2.32. The van der Waals surface area contributed by atoms with E-state index in [0.717, 1.165) is 6.20 Å². The predicted molar refractivity (Wildman–Crippen MR) is 59.7 cm³/mol. The fourth-order valence-electron chi connectivity index (χ4n) is 1.78. The minimum Gasteiger partial charge on any atom is -0.473 e. The summed E-state index contributed by atoms with van der Waals surface area (Å²) in [4.78, 5) is 29.2. The standard InChI is InChI=1S/C11H12FN3O4/c1-18-11(17)5-2-6(3-5)19-10-8(9(13)16)15-7(12)4-14-10/h4-6H,2-3H2,1H3,(H2,13,16). The Morgan fingerprint density at radius 3 is 2.74 bits per heavy atom. The van der Waals surface area contributed by atoms with Crippen LogP contribution in [0, 0.1) is 11.9 Å². The van der Waals surface area contributed by atoms with E-state index in [-0.39, 0.29) is 29.6 Å². The molecular formula is C11H12FN3O4. The first-order chi connectivity index (χ1) is 9.01. The molecule has 1 aliphatic carbocycles. The number of hydrogen-bond donors (Lipinski definition) is 1. The van der Waals surface area contributed by atoms with Gasteiger partial charge in [0.2, 0.25) is 11.8 Å². The largest absolute Gasteiger partial charge is 0.473 e. The van der Waals surface area contributed by atoms with E-state index >= 15 is 0 Å². The van der Waals surface area contributed by atoms with E-state index in [1.54, 1.807) is 0 Å². The molecule has 8 heteroatoms. The molecule has 0 aliphatic heterocycles. The third-order valence-electron chi connectivity index (χ3n) is 2.85. The number of aromatic nitrogens is 2. The average molecular weight is 269 g/mol. The normalized spacial score (nSPS) is 21.4. The third-order valence-corrected chi connectivity index (χ3v) is 2.85. The molecule has 19 heavy (non-hydrogen) atoms. The lowest BCUT2D eigenvalue weighted by atomic mass is 9.82. The number of ether oxygens (including phenoxy) is 2. The van der Waals surface area contributed by atoms with Crippen LogP contribution in [0.25, 0.3) is 0 Å². The maximum Gasteiger partial charge on any atom is 0.308 e. The molecule has 1 aliphatic rings. The number of nitrogens with two attached hydrogens (primary N) is 1. The van der Waals surface area contributed by atoms with Crippen LogP contribution in [0.2, 0.25) is 0 Å². The number of esters is 1. The van der Waals surface area contributed by atoms with Crippen LogP contribution in [0.1, 0.15) is 23.3 Å². The second-order valence-corrected chi connectivity index (χ2v) is 4.14. The molecule has 0 radical (unpaired) electrons. The summed E-state index contributed by atoms with van der Waals surface area (Å²) in [5.41, 5.74) is 4.69. The van der Waals surface area contributed by atoms with Crippen molar-refractivity contribution in [1.82, 2.24) is 9.97 Å². The smallest absolute Gasteiger partial charge is 0.308 e. The first-order valence-electron chi connectivity index (χ1n) is 5.58. The summed E-state index contributed by atoms with van der Waals surface area (Å²) in [6, 6.07) is 0. The zero-order valence-corrected chi connectivity index (χ0v) is 10.1. The lowest BCUT2D eigenvalue weighted by Crippen LogP contribution is -2.39. The van der Waals surface area contributed by atoms with Crippen LogP contribution in [0.5, 0.6) is 5.88 Å². The first kappa shape index (κ1) is 13.2.